The minimum absolute atomic E-state index is 0.0716. The van der Waals surface area contributed by atoms with Crippen molar-refractivity contribution in [1.82, 2.24) is 9.78 Å². The number of nitrogens with zero attached hydrogens (tertiary/aromatic N) is 2. The third-order valence-electron chi connectivity index (χ3n) is 4.10. The van der Waals surface area contributed by atoms with Crippen LogP contribution in [-0.4, -0.2) is 35.4 Å². The van der Waals surface area contributed by atoms with Crippen LogP contribution in [0, 0.1) is 20.8 Å². The van der Waals surface area contributed by atoms with Crippen molar-refractivity contribution in [2.75, 3.05) is 19.0 Å². The molecule has 1 N–H and O–H groups in total. The number of rotatable bonds is 6. The van der Waals surface area contributed by atoms with Gasteiger partial charge in [0.2, 0.25) is 0 Å². The summed E-state index contributed by atoms with van der Waals surface area (Å²) in [6.45, 7) is 5.14. The molecule has 0 aliphatic carbocycles. The van der Waals surface area contributed by atoms with E-state index in [1.54, 1.807) is 16.8 Å². The van der Waals surface area contributed by atoms with E-state index in [0.29, 0.717) is 16.5 Å². The fourth-order valence-corrected chi connectivity index (χ4v) is 2.68. The molecule has 1 aromatic heterocycles. The van der Waals surface area contributed by atoms with Crippen LogP contribution in [0.4, 0.5) is 5.69 Å². The lowest BCUT2D eigenvalue weighted by Gasteiger charge is -2.12. The highest BCUT2D eigenvalue weighted by atomic mass is 35.5. The first kappa shape index (κ1) is 19.8. The lowest BCUT2D eigenvalue weighted by Crippen LogP contribution is -2.22. The van der Waals surface area contributed by atoms with Gasteiger partial charge in [-0.05, 0) is 32.4 Å². The molecule has 0 fully saturated rings. The Bertz CT molecular complexity index is 845. The fourth-order valence-electron chi connectivity index (χ4n) is 2.53. The highest BCUT2D eigenvalue weighted by Crippen LogP contribution is 2.30. The average Bonchev–Trinajstić information content (AvgIpc) is 2.82. The van der Waals surface area contributed by atoms with E-state index in [1.165, 1.54) is 7.11 Å². The number of hydrogen-bond donors (Lipinski definition) is 1. The molecule has 0 radical (unpaired) electrons. The van der Waals surface area contributed by atoms with Gasteiger partial charge in [-0.2, -0.15) is 5.10 Å². The smallest absolute Gasteiger partial charge is 0.310 e. The summed E-state index contributed by atoms with van der Waals surface area (Å²) < 4.78 is 12.0. The van der Waals surface area contributed by atoms with Crippen molar-refractivity contribution in [2.24, 2.45) is 7.05 Å². The summed E-state index contributed by atoms with van der Waals surface area (Å²) in [7, 11) is 3.29. The van der Waals surface area contributed by atoms with Gasteiger partial charge in [-0.25, -0.2) is 0 Å². The van der Waals surface area contributed by atoms with Crippen LogP contribution >= 0.6 is 11.6 Å². The van der Waals surface area contributed by atoms with Crippen molar-refractivity contribution in [3.63, 3.8) is 0 Å². The monoisotopic (exact) mass is 379 g/mol. The molecule has 2 aromatic rings. The van der Waals surface area contributed by atoms with Gasteiger partial charge in [0, 0.05) is 29.4 Å². The molecular formula is C18H22ClN3O4. The number of aryl methyl sites for hydroxylation is 3. The van der Waals surface area contributed by atoms with Crippen molar-refractivity contribution in [3.8, 4) is 5.75 Å². The largest absolute Gasteiger partial charge is 0.495 e. The van der Waals surface area contributed by atoms with Crippen LogP contribution in [0.25, 0.3) is 0 Å². The van der Waals surface area contributed by atoms with E-state index in [4.69, 9.17) is 21.1 Å². The molecule has 26 heavy (non-hydrogen) atoms. The molecule has 1 heterocycles. The van der Waals surface area contributed by atoms with Crippen LogP contribution in [0.5, 0.6) is 5.75 Å². The first-order chi connectivity index (χ1) is 12.2. The van der Waals surface area contributed by atoms with E-state index >= 15 is 0 Å². The molecule has 0 aliphatic rings. The number of hydrogen-bond acceptors (Lipinski definition) is 5. The summed E-state index contributed by atoms with van der Waals surface area (Å²) in [5, 5.41) is 7.45. The highest BCUT2D eigenvalue weighted by molar-refractivity contribution is 6.31. The summed E-state index contributed by atoms with van der Waals surface area (Å²) >= 11 is 6.04. The number of esters is 1. The van der Waals surface area contributed by atoms with Crippen molar-refractivity contribution < 1.29 is 19.1 Å². The van der Waals surface area contributed by atoms with Gasteiger partial charge >= 0.3 is 5.97 Å². The molecule has 140 valence electrons. The average molecular weight is 380 g/mol. The number of halogens is 1. The summed E-state index contributed by atoms with van der Waals surface area (Å²) in [5.74, 6) is -0.515. The molecule has 0 aliphatic heterocycles. The quantitative estimate of drug-likeness (QED) is 0.780. The van der Waals surface area contributed by atoms with E-state index in [-0.39, 0.29) is 13.0 Å². The predicted molar refractivity (Wildman–Crippen MR) is 98.7 cm³/mol. The van der Waals surface area contributed by atoms with E-state index in [0.717, 1.165) is 22.5 Å². The number of aromatic nitrogens is 2. The molecule has 1 aromatic carbocycles. The minimum Gasteiger partial charge on any atom is -0.495 e. The Hall–Kier alpha value is -2.54. The molecule has 7 nitrogen and oxygen atoms in total. The zero-order valence-corrected chi connectivity index (χ0v) is 16.2. The molecule has 8 heteroatoms. The molecule has 0 bridgehead atoms. The third-order valence-corrected chi connectivity index (χ3v) is 4.51. The molecule has 0 unspecified atom stereocenters. The molecule has 0 saturated heterocycles. The summed E-state index contributed by atoms with van der Waals surface area (Å²) in [5.41, 5.74) is 3.74. The first-order valence-corrected chi connectivity index (χ1v) is 8.39. The maximum absolute atomic E-state index is 12.1. The van der Waals surface area contributed by atoms with Crippen LogP contribution < -0.4 is 10.1 Å². The Morgan fingerprint density at radius 3 is 2.54 bits per heavy atom. The fraction of sp³-hybridized carbons (Fsp3) is 0.389. The number of carbonyl (C=O) groups is 2. The molecule has 0 atom stereocenters. The molecular weight excluding hydrogens is 358 g/mol. The predicted octanol–water partition coefficient (Wildman–Crippen LogP) is 2.73. The Balaban J connectivity index is 1.95. The summed E-state index contributed by atoms with van der Waals surface area (Å²) in [6.07, 6.45) is 0.0716. The Morgan fingerprint density at radius 1 is 1.27 bits per heavy atom. The lowest BCUT2D eigenvalue weighted by atomic mass is 10.1. The lowest BCUT2D eigenvalue weighted by molar-refractivity contribution is -0.146. The maximum atomic E-state index is 12.1. The maximum Gasteiger partial charge on any atom is 0.310 e. The molecule has 2 rings (SSSR count). The van der Waals surface area contributed by atoms with Gasteiger partial charge in [0.15, 0.2) is 6.61 Å². The zero-order chi connectivity index (χ0) is 19.4. The van der Waals surface area contributed by atoms with Crippen LogP contribution in [0.15, 0.2) is 12.1 Å². The zero-order valence-electron chi connectivity index (χ0n) is 15.5. The normalized spacial score (nSPS) is 10.5. The van der Waals surface area contributed by atoms with E-state index in [9.17, 15) is 9.59 Å². The molecule has 1 amide bonds. The van der Waals surface area contributed by atoms with Gasteiger partial charge in [-0.3, -0.25) is 14.3 Å². The Morgan fingerprint density at radius 2 is 1.96 bits per heavy atom. The van der Waals surface area contributed by atoms with Crippen molar-refractivity contribution >= 4 is 29.2 Å². The van der Waals surface area contributed by atoms with Crippen LogP contribution in [-0.2, 0) is 27.8 Å². The first-order valence-electron chi connectivity index (χ1n) is 8.01. The summed E-state index contributed by atoms with van der Waals surface area (Å²) in [6, 6.07) is 3.32. The SMILES string of the molecule is COc1cc(Cl)c(C)cc1NC(=O)COC(=O)Cc1c(C)nn(C)c1C. The Kier molecular flexibility index (Phi) is 6.26. The number of anilines is 1. The van der Waals surface area contributed by atoms with Crippen molar-refractivity contribution in [1.29, 1.82) is 0 Å². The number of benzene rings is 1. The van der Waals surface area contributed by atoms with Crippen LogP contribution in [0.2, 0.25) is 5.02 Å². The number of methoxy groups -OCH3 is 1. The Labute approximate surface area is 157 Å². The minimum atomic E-state index is -0.487. The second-order valence-electron chi connectivity index (χ2n) is 5.96. The number of amides is 1. The van der Waals surface area contributed by atoms with Crippen LogP contribution in [0.1, 0.15) is 22.5 Å². The van der Waals surface area contributed by atoms with Crippen molar-refractivity contribution in [2.45, 2.75) is 27.2 Å². The summed E-state index contributed by atoms with van der Waals surface area (Å²) in [4.78, 5) is 24.1. The van der Waals surface area contributed by atoms with Gasteiger partial charge in [0.25, 0.3) is 5.91 Å². The molecule has 0 spiro atoms. The van der Waals surface area contributed by atoms with Gasteiger partial charge in [-0.15, -0.1) is 0 Å². The van der Waals surface area contributed by atoms with Crippen molar-refractivity contribution in [3.05, 3.63) is 39.7 Å². The standard InChI is InChI=1S/C18H22ClN3O4/c1-10-6-15(16(25-5)8-14(10)19)20-17(23)9-26-18(24)7-13-11(2)21-22(4)12(13)3/h6,8H,7,9H2,1-5H3,(H,20,23). The third kappa shape index (κ3) is 4.54. The van der Waals surface area contributed by atoms with Gasteiger partial charge < -0.3 is 14.8 Å². The van der Waals surface area contributed by atoms with E-state index in [1.807, 2.05) is 27.8 Å². The van der Waals surface area contributed by atoms with Crippen LogP contribution in [0.3, 0.4) is 0 Å². The van der Waals surface area contributed by atoms with Gasteiger partial charge in [0.1, 0.15) is 5.75 Å². The van der Waals surface area contributed by atoms with Gasteiger partial charge in [-0.1, -0.05) is 11.6 Å². The number of nitrogens with one attached hydrogen (secondary N) is 1. The number of ether oxygens (including phenoxy) is 2. The second-order valence-corrected chi connectivity index (χ2v) is 6.37. The van der Waals surface area contributed by atoms with Gasteiger partial charge in [0.05, 0.1) is 24.9 Å². The van der Waals surface area contributed by atoms with E-state index < -0.39 is 11.9 Å². The highest BCUT2D eigenvalue weighted by Gasteiger charge is 2.16. The molecule has 0 saturated carbocycles. The van der Waals surface area contributed by atoms with E-state index in [2.05, 4.69) is 10.4 Å². The topological polar surface area (TPSA) is 82.4 Å². The second kappa shape index (κ2) is 8.23. The number of carbonyl (C=O) groups excluding carboxylic acids is 2.